The Labute approximate surface area is 157 Å². The third-order valence-electron chi connectivity index (χ3n) is 4.10. The average Bonchev–Trinajstić information content (AvgIpc) is 2.59. The standard InChI is InChI=1S/C19H14ClF3N2O2/c1-11-8-18(27)25(16-5-3-2-4-13(11)16)10-17(26)24-15-9-12(19(21,22)23)6-7-14(15)20/h2-9H,10H2,1H3,(H,24,26). The molecule has 0 fully saturated rings. The molecule has 140 valence electrons. The maximum Gasteiger partial charge on any atom is 0.416 e. The number of rotatable bonds is 3. The SMILES string of the molecule is Cc1cc(=O)n(CC(=O)Nc2cc(C(F)(F)F)ccc2Cl)c2ccccc12. The molecule has 0 saturated heterocycles. The predicted molar refractivity (Wildman–Crippen MR) is 98.0 cm³/mol. The average molecular weight is 395 g/mol. The summed E-state index contributed by atoms with van der Waals surface area (Å²) < 4.78 is 39.8. The van der Waals surface area contributed by atoms with Crippen molar-refractivity contribution >= 4 is 34.1 Å². The highest BCUT2D eigenvalue weighted by molar-refractivity contribution is 6.33. The zero-order chi connectivity index (χ0) is 19.8. The van der Waals surface area contributed by atoms with Crippen LogP contribution < -0.4 is 10.9 Å². The smallest absolute Gasteiger partial charge is 0.323 e. The number of benzene rings is 2. The number of pyridine rings is 1. The predicted octanol–water partition coefficient (Wildman–Crippen LogP) is 4.62. The summed E-state index contributed by atoms with van der Waals surface area (Å²) in [6.45, 7) is 1.43. The number of fused-ring (bicyclic) bond motifs is 1. The van der Waals surface area contributed by atoms with E-state index in [1.54, 1.807) is 19.1 Å². The summed E-state index contributed by atoms with van der Waals surface area (Å²) >= 11 is 5.89. The summed E-state index contributed by atoms with van der Waals surface area (Å²) in [5.74, 6) is -0.660. The van der Waals surface area contributed by atoms with Gasteiger partial charge in [0.1, 0.15) is 6.54 Å². The van der Waals surface area contributed by atoms with E-state index < -0.39 is 17.6 Å². The largest absolute Gasteiger partial charge is 0.416 e. The lowest BCUT2D eigenvalue weighted by atomic mass is 10.1. The van der Waals surface area contributed by atoms with Crippen molar-refractivity contribution in [1.82, 2.24) is 4.57 Å². The van der Waals surface area contributed by atoms with Gasteiger partial charge in [-0.25, -0.2) is 0 Å². The van der Waals surface area contributed by atoms with Gasteiger partial charge < -0.3 is 5.32 Å². The molecule has 0 bridgehead atoms. The van der Waals surface area contributed by atoms with Gasteiger partial charge in [0.2, 0.25) is 5.91 Å². The van der Waals surface area contributed by atoms with E-state index in [1.165, 1.54) is 10.6 Å². The number of aromatic nitrogens is 1. The number of hydrogen-bond acceptors (Lipinski definition) is 2. The van der Waals surface area contributed by atoms with Gasteiger partial charge in [-0.05, 0) is 36.8 Å². The number of carbonyl (C=O) groups is 1. The number of amides is 1. The lowest BCUT2D eigenvalue weighted by Gasteiger charge is -2.14. The van der Waals surface area contributed by atoms with Crippen LogP contribution >= 0.6 is 11.6 Å². The van der Waals surface area contributed by atoms with Gasteiger partial charge >= 0.3 is 6.18 Å². The molecule has 0 radical (unpaired) electrons. The maximum atomic E-state index is 12.8. The van der Waals surface area contributed by atoms with Crippen molar-refractivity contribution in [3.63, 3.8) is 0 Å². The second kappa shape index (κ2) is 7.08. The highest BCUT2D eigenvalue weighted by Gasteiger charge is 2.31. The van der Waals surface area contributed by atoms with Crippen molar-refractivity contribution in [2.45, 2.75) is 19.6 Å². The minimum atomic E-state index is -4.56. The number of alkyl halides is 3. The molecule has 4 nitrogen and oxygen atoms in total. The molecule has 0 unspecified atom stereocenters. The minimum absolute atomic E-state index is 0.0301. The summed E-state index contributed by atoms with van der Waals surface area (Å²) in [6, 6.07) is 11.1. The second-order valence-electron chi connectivity index (χ2n) is 6.01. The van der Waals surface area contributed by atoms with Crippen LogP contribution in [0.2, 0.25) is 5.02 Å². The van der Waals surface area contributed by atoms with Crippen LogP contribution in [0.25, 0.3) is 10.9 Å². The Balaban J connectivity index is 1.92. The fourth-order valence-corrected chi connectivity index (χ4v) is 2.96. The number of para-hydroxylation sites is 1. The molecule has 0 saturated carbocycles. The van der Waals surface area contributed by atoms with Crippen molar-refractivity contribution in [3.8, 4) is 0 Å². The molecule has 3 aromatic rings. The molecule has 0 spiro atoms. The summed E-state index contributed by atoms with van der Waals surface area (Å²) in [6.07, 6.45) is -4.56. The maximum absolute atomic E-state index is 12.8. The van der Waals surface area contributed by atoms with Crippen LogP contribution in [-0.4, -0.2) is 10.5 Å². The zero-order valence-electron chi connectivity index (χ0n) is 14.1. The van der Waals surface area contributed by atoms with Gasteiger partial charge in [0.15, 0.2) is 0 Å². The van der Waals surface area contributed by atoms with Gasteiger partial charge in [0.05, 0.1) is 21.8 Å². The first-order chi connectivity index (χ1) is 12.7. The van der Waals surface area contributed by atoms with Gasteiger partial charge in [0, 0.05) is 11.5 Å². The minimum Gasteiger partial charge on any atom is -0.323 e. The van der Waals surface area contributed by atoms with Crippen molar-refractivity contribution in [1.29, 1.82) is 0 Å². The van der Waals surface area contributed by atoms with Gasteiger partial charge in [-0.2, -0.15) is 13.2 Å². The summed E-state index contributed by atoms with van der Waals surface area (Å²) in [7, 11) is 0. The van der Waals surface area contributed by atoms with Crippen molar-refractivity contribution < 1.29 is 18.0 Å². The highest BCUT2D eigenvalue weighted by atomic mass is 35.5. The number of carbonyl (C=O) groups excluding carboxylic acids is 1. The van der Waals surface area contributed by atoms with Crippen LogP contribution in [0.15, 0.2) is 53.3 Å². The molecule has 0 aliphatic carbocycles. The monoisotopic (exact) mass is 394 g/mol. The first-order valence-electron chi connectivity index (χ1n) is 7.92. The number of nitrogens with zero attached hydrogens (tertiary/aromatic N) is 1. The quantitative estimate of drug-likeness (QED) is 0.704. The highest BCUT2D eigenvalue weighted by Crippen LogP contribution is 2.33. The van der Waals surface area contributed by atoms with Crippen LogP contribution in [0.5, 0.6) is 0 Å². The molecule has 2 aromatic carbocycles. The number of aryl methyl sites for hydroxylation is 1. The fourth-order valence-electron chi connectivity index (χ4n) is 2.80. The van der Waals surface area contributed by atoms with Crippen LogP contribution in [0.1, 0.15) is 11.1 Å². The van der Waals surface area contributed by atoms with E-state index in [0.29, 0.717) is 5.52 Å². The molecule has 0 aliphatic heterocycles. The Morgan fingerprint density at radius 3 is 2.56 bits per heavy atom. The Morgan fingerprint density at radius 2 is 1.85 bits per heavy atom. The molecule has 0 atom stereocenters. The zero-order valence-corrected chi connectivity index (χ0v) is 14.9. The van der Waals surface area contributed by atoms with Crippen LogP contribution in [0, 0.1) is 6.92 Å². The summed E-state index contributed by atoms with van der Waals surface area (Å²) in [4.78, 5) is 24.7. The lowest BCUT2D eigenvalue weighted by Crippen LogP contribution is -2.28. The second-order valence-corrected chi connectivity index (χ2v) is 6.42. The van der Waals surface area contributed by atoms with Crippen molar-refractivity contribution in [3.05, 3.63) is 75.0 Å². The van der Waals surface area contributed by atoms with Crippen LogP contribution in [0.4, 0.5) is 18.9 Å². The Kier molecular flexibility index (Phi) is 4.97. The Bertz CT molecular complexity index is 1090. The van der Waals surface area contributed by atoms with Gasteiger partial charge in [0.25, 0.3) is 5.56 Å². The normalized spacial score (nSPS) is 11.6. The van der Waals surface area contributed by atoms with Crippen LogP contribution in [-0.2, 0) is 17.5 Å². The third-order valence-corrected chi connectivity index (χ3v) is 4.42. The third kappa shape index (κ3) is 3.98. The van der Waals surface area contributed by atoms with E-state index in [4.69, 9.17) is 11.6 Å². The Hall–Kier alpha value is -2.80. The molecule has 1 N–H and O–H groups in total. The molecular formula is C19H14ClF3N2O2. The molecule has 0 aliphatic rings. The van der Waals surface area contributed by atoms with E-state index in [9.17, 15) is 22.8 Å². The van der Waals surface area contributed by atoms with E-state index in [-0.39, 0.29) is 22.8 Å². The van der Waals surface area contributed by atoms with Crippen molar-refractivity contribution in [2.75, 3.05) is 5.32 Å². The number of hydrogen-bond donors (Lipinski definition) is 1. The number of nitrogens with one attached hydrogen (secondary N) is 1. The molecule has 3 rings (SSSR count). The molecule has 1 aromatic heterocycles. The molecule has 8 heteroatoms. The topological polar surface area (TPSA) is 51.1 Å². The molecule has 1 amide bonds. The molecule has 27 heavy (non-hydrogen) atoms. The van der Waals surface area contributed by atoms with Gasteiger partial charge in [-0.3, -0.25) is 14.2 Å². The van der Waals surface area contributed by atoms with E-state index in [1.807, 2.05) is 12.1 Å². The summed E-state index contributed by atoms with van der Waals surface area (Å²) in [5.41, 5.74) is -0.140. The fraction of sp³-hybridized carbons (Fsp3) is 0.158. The first kappa shape index (κ1) is 19.0. The van der Waals surface area contributed by atoms with E-state index in [0.717, 1.165) is 29.1 Å². The molecular weight excluding hydrogens is 381 g/mol. The molecule has 1 heterocycles. The van der Waals surface area contributed by atoms with Gasteiger partial charge in [-0.1, -0.05) is 29.8 Å². The van der Waals surface area contributed by atoms with Crippen LogP contribution in [0.3, 0.4) is 0 Å². The lowest BCUT2D eigenvalue weighted by molar-refractivity contribution is -0.137. The van der Waals surface area contributed by atoms with E-state index >= 15 is 0 Å². The Morgan fingerprint density at radius 1 is 1.15 bits per heavy atom. The number of halogens is 4. The summed E-state index contributed by atoms with van der Waals surface area (Å²) in [5, 5.41) is 3.12. The van der Waals surface area contributed by atoms with Gasteiger partial charge in [-0.15, -0.1) is 0 Å². The number of anilines is 1. The van der Waals surface area contributed by atoms with Crippen molar-refractivity contribution in [2.24, 2.45) is 0 Å². The van der Waals surface area contributed by atoms with E-state index in [2.05, 4.69) is 5.32 Å². The first-order valence-corrected chi connectivity index (χ1v) is 8.30.